The molecule has 0 bridgehead atoms. The first-order chi connectivity index (χ1) is 13.1. The van der Waals surface area contributed by atoms with E-state index in [1.807, 2.05) is 18.0 Å². The molecule has 4 rings (SSSR count). The van der Waals surface area contributed by atoms with Crippen LogP contribution in [0.1, 0.15) is 28.9 Å². The fourth-order valence-corrected chi connectivity index (χ4v) is 4.31. The van der Waals surface area contributed by atoms with Crippen molar-refractivity contribution in [2.45, 2.75) is 19.8 Å². The van der Waals surface area contributed by atoms with Crippen molar-refractivity contribution in [3.05, 3.63) is 47.9 Å². The molecule has 2 fully saturated rings. The van der Waals surface area contributed by atoms with Crippen molar-refractivity contribution in [3.63, 3.8) is 0 Å². The molecule has 142 valence electrons. The summed E-state index contributed by atoms with van der Waals surface area (Å²) in [4.78, 5) is 25.8. The number of aryl methyl sites for hydroxylation is 1. The summed E-state index contributed by atoms with van der Waals surface area (Å²) in [7, 11) is 1.58. The number of ether oxygens (including phenoxy) is 1. The van der Waals surface area contributed by atoms with E-state index in [4.69, 9.17) is 4.74 Å². The minimum Gasteiger partial charge on any atom is -0.481 e. The van der Waals surface area contributed by atoms with Gasteiger partial charge in [-0.25, -0.2) is 4.98 Å². The highest BCUT2D eigenvalue weighted by molar-refractivity contribution is 5.94. The summed E-state index contributed by atoms with van der Waals surface area (Å²) < 4.78 is 5.07. The molecule has 0 N–H and O–H groups in total. The van der Waals surface area contributed by atoms with Crippen LogP contribution in [0.25, 0.3) is 0 Å². The van der Waals surface area contributed by atoms with Crippen LogP contribution in [0.3, 0.4) is 0 Å². The molecule has 2 aromatic rings. The Morgan fingerprint density at radius 2 is 1.85 bits per heavy atom. The van der Waals surface area contributed by atoms with Crippen molar-refractivity contribution >= 4 is 11.6 Å². The van der Waals surface area contributed by atoms with Gasteiger partial charge in [0.05, 0.1) is 12.7 Å². The van der Waals surface area contributed by atoms with E-state index in [0.717, 1.165) is 44.7 Å². The van der Waals surface area contributed by atoms with Crippen LogP contribution in [0.5, 0.6) is 5.88 Å². The Bertz CT molecular complexity index is 792. The predicted molar refractivity (Wildman–Crippen MR) is 104 cm³/mol. The maximum Gasteiger partial charge on any atom is 0.255 e. The molecule has 4 heterocycles. The van der Waals surface area contributed by atoms with E-state index in [1.54, 1.807) is 25.4 Å². The number of rotatable bonds is 3. The highest BCUT2D eigenvalue weighted by atomic mass is 16.5. The van der Waals surface area contributed by atoms with E-state index in [2.05, 4.69) is 27.0 Å². The quantitative estimate of drug-likeness (QED) is 0.836. The number of hydrogen-bond donors (Lipinski definition) is 0. The number of amides is 1. The molecule has 2 aliphatic rings. The lowest BCUT2D eigenvalue weighted by atomic mass is 9.92. The van der Waals surface area contributed by atoms with Gasteiger partial charge in [0.15, 0.2) is 0 Å². The lowest BCUT2D eigenvalue weighted by Crippen LogP contribution is -2.31. The monoisotopic (exact) mass is 366 g/mol. The predicted octanol–water partition coefficient (Wildman–Crippen LogP) is 2.78. The summed E-state index contributed by atoms with van der Waals surface area (Å²) in [6.45, 7) is 5.80. The average molecular weight is 366 g/mol. The fraction of sp³-hybridized carbons (Fsp3) is 0.476. The van der Waals surface area contributed by atoms with Gasteiger partial charge in [-0.05, 0) is 49.8 Å². The zero-order valence-electron chi connectivity index (χ0n) is 16.0. The van der Waals surface area contributed by atoms with Gasteiger partial charge in [0, 0.05) is 56.0 Å². The van der Waals surface area contributed by atoms with Crippen LogP contribution >= 0.6 is 0 Å². The van der Waals surface area contributed by atoms with Gasteiger partial charge in [-0.3, -0.25) is 9.78 Å². The topological polar surface area (TPSA) is 58.6 Å². The number of nitrogens with zero attached hydrogens (tertiary/aromatic N) is 4. The van der Waals surface area contributed by atoms with Crippen molar-refractivity contribution in [3.8, 4) is 5.88 Å². The lowest BCUT2D eigenvalue weighted by molar-refractivity contribution is 0.0782. The first-order valence-corrected chi connectivity index (χ1v) is 9.61. The second-order valence-corrected chi connectivity index (χ2v) is 7.54. The Kier molecular flexibility index (Phi) is 4.97. The zero-order chi connectivity index (χ0) is 18.8. The van der Waals surface area contributed by atoms with Gasteiger partial charge in [-0.2, -0.15) is 0 Å². The van der Waals surface area contributed by atoms with E-state index < -0.39 is 0 Å². The zero-order valence-corrected chi connectivity index (χ0v) is 16.0. The van der Waals surface area contributed by atoms with E-state index in [1.165, 1.54) is 5.69 Å². The van der Waals surface area contributed by atoms with E-state index in [-0.39, 0.29) is 5.91 Å². The van der Waals surface area contributed by atoms with E-state index in [9.17, 15) is 4.79 Å². The first kappa shape index (κ1) is 17.8. The summed E-state index contributed by atoms with van der Waals surface area (Å²) in [5, 5.41) is 0. The standard InChI is InChI=1S/C21H26N4O2/c1-15-11-19(5-8-22-15)24-9-6-17-13-25(14-18(17)7-10-24)21(26)16-3-4-20(27-2)23-12-16/h3-5,8,11-12,17-18H,6-7,9-10,13-14H2,1-2H3/t17-,18+. The van der Waals surface area contributed by atoms with Crippen LogP contribution < -0.4 is 9.64 Å². The molecule has 1 amide bonds. The molecule has 2 aromatic heterocycles. The Morgan fingerprint density at radius 3 is 2.44 bits per heavy atom. The third-order valence-corrected chi connectivity index (χ3v) is 5.84. The van der Waals surface area contributed by atoms with Gasteiger partial charge < -0.3 is 14.5 Å². The molecule has 27 heavy (non-hydrogen) atoms. The van der Waals surface area contributed by atoms with Crippen LogP contribution in [0.15, 0.2) is 36.7 Å². The van der Waals surface area contributed by atoms with Crippen LogP contribution in [-0.4, -0.2) is 54.1 Å². The fourth-order valence-electron chi connectivity index (χ4n) is 4.31. The molecule has 6 heteroatoms. The van der Waals surface area contributed by atoms with Crippen molar-refractivity contribution in [1.29, 1.82) is 0 Å². The maximum absolute atomic E-state index is 12.8. The van der Waals surface area contributed by atoms with Gasteiger partial charge in [0.2, 0.25) is 5.88 Å². The largest absolute Gasteiger partial charge is 0.481 e. The van der Waals surface area contributed by atoms with Crippen LogP contribution in [0.4, 0.5) is 5.69 Å². The van der Waals surface area contributed by atoms with Gasteiger partial charge in [0.1, 0.15) is 0 Å². The number of pyridine rings is 2. The molecule has 2 atom stereocenters. The summed E-state index contributed by atoms with van der Waals surface area (Å²) in [5.74, 6) is 1.77. The summed E-state index contributed by atoms with van der Waals surface area (Å²) in [5.41, 5.74) is 2.96. The second kappa shape index (κ2) is 7.55. The van der Waals surface area contributed by atoms with Crippen molar-refractivity contribution < 1.29 is 9.53 Å². The average Bonchev–Trinajstić information content (AvgIpc) is 3.00. The van der Waals surface area contributed by atoms with Crippen molar-refractivity contribution in [2.75, 3.05) is 38.2 Å². The number of likely N-dealkylation sites (tertiary alicyclic amines) is 1. The maximum atomic E-state index is 12.8. The Balaban J connectivity index is 1.39. The van der Waals surface area contributed by atoms with Crippen LogP contribution in [-0.2, 0) is 0 Å². The number of aromatic nitrogens is 2. The van der Waals surface area contributed by atoms with Gasteiger partial charge in [-0.15, -0.1) is 0 Å². The number of carbonyl (C=O) groups is 1. The lowest BCUT2D eigenvalue weighted by Gasteiger charge is -2.24. The summed E-state index contributed by atoms with van der Waals surface area (Å²) >= 11 is 0. The normalized spacial score (nSPS) is 22.3. The van der Waals surface area contributed by atoms with Gasteiger partial charge in [-0.1, -0.05) is 0 Å². The molecule has 0 aliphatic carbocycles. The van der Waals surface area contributed by atoms with Crippen molar-refractivity contribution in [1.82, 2.24) is 14.9 Å². The number of anilines is 1. The summed E-state index contributed by atoms with van der Waals surface area (Å²) in [6.07, 6.45) is 5.75. The van der Waals surface area contributed by atoms with E-state index >= 15 is 0 Å². The Morgan fingerprint density at radius 1 is 1.11 bits per heavy atom. The summed E-state index contributed by atoms with van der Waals surface area (Å²) in [6, 6.07) is 7.81. The highest BCUT2D eigenvalue weighted by Gasteiger charge is 2.37. The number of methoxy groups -OCH3 is 1. The molecule has 2 saturated heterocycles. The second-order valence-electron chi connectivity index (χ2n) is 7.54. The molecule has 0 aromatic carbocycles. The molecule has 2 aliphatic heterocycles. The minimum absolute atomic E-state index is 0.0832. The SMILES string of the molecule is COc1ccc(C(=O)N2C[C@H]3CCN(c4ccnc(C)c4)CC[C@H]3C2)cn1. The third-order valence-electron chi connectivity index (χ3n) is 5.84. The molecule has 0 spiro atoms. The Labute approximate surface area is 160 Å². The number of hydrogen-bond acceptors (Lipinski definition) is 5. The number of fused-ring (bicyclic) bond motifs is 1. The van der Waals surface area contributed by atoms with E-state index in [0.29, 0.717) is 23.3 Å². The first-order valence-electron chi connectivity index (χ1n) is 9.61. The minimum atomic E-state index is 0.0832. The number of carbonyl (C=O) groups excluding carboxylic acids is 1. The van der Waals surface area contributed by atoms with Crippen LogP contribution in [0.2, 0.25) is 0 Å². The Hall–Kier alpha value is -2.63. The molecule has 0 unspecified atom stereocenters. The smallest absolute Gasteiger partial charge is 0.255 e. The molecular formula is C21H26N4O2. The van der Waals surface area contributed by atoms with Crippen LogP contribution in [0, 0.1) is 18.8 Å². The molecule has 0 radical (unpaired) electrons. The van der Waals surface area contributed by atoms with Gasteiger partial charge in [0.25, 0.3) is 5.91 Å². The van der Waals surface area contributed by atoms with Crippen molar-refractivity contribution in [2.24, 2.45) is 11.8 Å². The third kappa shape index (κ3) is 3.75. The highest BCUT2D eigenvalue weighted by Crippen LogP contribution is 2.34. The molecule has 6 nitrogen and oxygen atoms in total. The molecular weight excluding hydrogens is 340 g/mol. The molecule has 0 saturated carbocycles. The van der Waals surface area contributed by atoms with Gasteiger partial charge >= 0.3 is 0 Å².